The second-order valence-electron chi connectivity index (χ2n) is 9.98. The molecule has 0 saturated carbocycles. The van der Waals surface area contributed by atoms with Gasteiger partial charge in [0.15, 0.2) is 0 Å². The second kappa shape index (κ2) is 12.5. The quantitative estimate of drug-likeness (QED) is 0.357. The molecule has 0 radical (unpaired) electrons. The summed E-state index contributed by atoms with van der Waals surface area (Å²) in [6.45, 7) is 1.15. The number of nitrogens with zero attached hydrogens (tertiary/aromatic N) is 2. The molecule has 0 bridgehead atoms. The number of carbonyl (C=O) groups excluding carboxylic acids is 2. The summed E-state index contributed by atoms with van der Waals surface area (Å²) in [5, 5.41) is 12.6. The van der Waals surface area contributed by atoms with E-state index >= 15 is 0 Å². The fourth-order valence-electron chi connectivity index (χ4n) is 4.95. The first-order valence-corrected chi connectivity index (χ1v) is 12.9. The minimum atomic E-state index is -4.81. The molecule has 2 amide bonds. The van der Waals surface area contributed by atoms with Gasteiger partial charge in [-0.3, -0.25) is 9.59 Å². The van der Waals surface area contributed by atoms with Crippen LogP contribution < -0.4 is 10.1 Å². The highest BCUT2D eigenvalue weighted by molar-refractivity contribution is 6.01. The van der Waals surface area contributed by atoms with Gasteiger partial charge in [0.25, 0.3) is 5.91 Å². The average molecular weight is 556 g/mol. The Morgan fingerprint density at radius 1 is 1.00 bits per heavy atom. The molecule has 10 heteroatoms. The van der Waals surface area contributed by atoms with Crippen LogP contribution in [-0.2, 0) is 17.9 Å². The molecule has 1 heterocycles. The van der Waals surface area contributed by atoms with Crippen molar-refractivity contribution >= 4 is 11.8 Å². The monoisotopic (exact) mass is 555 g/mol. The molecular formula is C30H32F3N3O4. The van der Waals surface area contributed by atoms with Gasteiger partial charge in [0, 0.05) is 18.7 Å². The SMILES string of the molecule is CN(C)CCCNC(=O)[C@@H]1c2ccccc2C(=O)N(Cc2ccc(OC(F)(F)F)cc2)[C@H]1c1ccc(CO)cc1. The van der Waals surface area contributed by atoms with Crippen molar-refractivity contribution in [3.8, 4) is 5.75 Å². The molecular weight excluding hydrogens is 523 g/mol. The highest BCUT2D eigenvalue weighted by Gasteiger charge is 2.44. The van der Waals surface area contributed by atoms with Crippen LogP contribution in [0.15, 0.2) is 72.8 Å². The Labute approximate surface area is 231 Å². The third-order valence-corrected chi connectivity index (χ3v) is 6.82. The summed E-state index contributed by atoms with van der Waals surface area (Å²) in [4.78, 5) is 31.2. The van der Waals surface area contributed by atoms with Gasteiger partial charge in [0.05, 0.1) is 18.6 Å². The molecule has 40 heavy (non-hydrogen) atoms. The third kappa shape index (κ3) is 7.00. The number of carbonyl (C=O) groups is 2. The van der Waals surface area contributed by atoms with Gasteiger partial charge in [0.2, 0.25) is 5.91 Å². The normalized spacial score (nSPS) is 17.1. The Kier molecular flexibility index (Phi) is 9.11. The Morgan fingerprint density at radius 3 is 2.27 bits per heavy atom. The minimum absolute atomic E-state index is 0.0519. The van der Waals surface area contributed by atoms with Gasteiger partial charge in [-0.1, -0.05) is 54.6 Å². The van der Waals surface area contributed by atoms with E-state index in [2.05, 4.69) is 10.1 Å². The van der Waals surface area contributed by atoms with Crippen LogP contribution in [0.5, 0.6) is 5.75 Å². The Morgan fingerprint density at radius 2 is 1.65 bits per heavy atom. The van der Waals surface area contributed by atoms with E-state index in [0.717, 1.165) is 13.0 Å². The molecule has 4 rings (SSSR count). The van der Waals surface area contributed by atoms with E-state index in [-0.39, 0.29) is 30.7 Å². The van der Waals surface area contributed by atoms with Gasteiger partial charge < -0.3 is 25.0 Å². The molecule has 0 saturated heterocycles. The van der Waals surface area contributed by atoms with Crippen molar-refractivity contribution in [3.63, 3.8) is 0 Å². The van der Waals surface area contributed by atoms with Crippen molar-refractivity contribution in [3.05, 3.63) is 101 Å². The molecule has 1 aliphatic rings. The first kappa shape index (κ1) is 29.1. The van der Waals surface area contributed by atoms with Crippen molar-refractivity contribution in [1.82, 2.24) is 15.1 Å². The van der Waals surface area contributed by atoms with Crippen LogP contribution in [0.2, 0.25) is 0 Å². The van der Waals surface area contributed by atoms with E-state index in [1.165, 1.54) is 24.3 Å². The van der Waals surface area contributed by atoms with Crippen molar-refractivity contribution in [2.45, 2.75) is 37.9 Å². The summed E-state index contributed by atoms with van der Waals surface area (Å²) in [6, 6.07) is 18.7. The first-order chi connectivity index (χ1) is 19.1. The number of benzene rings is 3. The van der Waals surface area contributed by atoms with Crippen LogP contribution in [0.4, 0.5) is 13.2 Å². The lowest BCUT2D eigenvalue weighted by Gasteiger charge is -2.42. The third-order valence-electron chi connectivity index (χ3n) is 6.82. The largest absolute Gasteiger partial charge is 0.573 e. The fraction of sp³-hybridized carbons (Fsp3) is 0.333. The molecule has 0 fully saturated rings. The molecule has 3 aromatic carbocycles. The number of ether oxygens (including phenoxy) is 1. The van der Waals surface area contributed by atoms with Crippen molar-refractivity contribution < 1.29 is 32.6 Å². The Hall–Kier alpha value is -3.89. The van der Waals surface area contributed by atoms with Crippen LogP contribution in [-0.4, -0.2) is 60.3 Å². The summed E-state index contributed by atoms with van der Waals surface area (Å²) < 4.78 is 41.9. The van der Waals surface area contributed by atoms with Crippen molar-refractivity contribution in [2.75, 3.05) is 27.2 Å². The number of fused-ring (bicyclic) bond motifs is 1. The molecule has 212 valence electrons. The number of hydrogen-bond donors (Lipinski definition) is 2. The Balaban J connectivity index is 1.72. The van der Waals surface area contributed by atoms with Crippen LogP contribution in [0.3, 0.4) is 0 Å². The zero-order chi connectivity index (χ0) is 28.9. The average Bonchev–Trinajstić information content (AvgIpc) is 2.92. The van der Waals surface area contributed by atoms with Gasteiger partial charge in [-0.2, -0.15) is 0 Å². The maximum absolute atomic E-state index is 13.9. The summed E-state index contributed by atoms with van der Waals surface area (Å²) >= 11 is 0. The fourth-order valence-corrected chi connectivity index (χ4v) is 4.95. The standard InChI is InChI=1S/C30H32F3N3O4/c1-35(2)17-5-16-34-28(38)26-24-6-3-4-7-25(24)29(39)36(27(26)22-12-8-21(19-37)9-13-22)18-20-10-14-23(15-11-20)40-30(31,32)33/h3-4,6-15,26-27,37H,5,16-19H2,1-2H3,(H,34,38)/t26-,27+/m1/s1. The lowest BCUT2D eigenvalue weighted by atomic mass is 9.78. The highest BCUT2D eigenvalue weighted by atomic mass is 19.4. The summed E-state index contributed by atoms with van der Waals surface area (Å²) in [6.07, 6.45) is -4.06. The maximum atomic E-state index is 13.9. The van der Waals surface area contributed by atoms with Gasteiger partial charge in [0.1, 0.15) is 5.75 Å². The zero-order valence-electron chi connectivity index (χ0n) is 22.3. The number of nitrogens with one attached hydrogen (secondary N) is 1. The summed E-state index contributed by atoms with van der Waals surface area (Å²) in [5.74, 6) is -1.62. The number of aliphatic hydroxyl groups is 1. The minimum Gasteiger partial charge on any atom is -0.406 e. The van der Waals surface area contributed by atoms with Gasteiger partial charge in [-0.05, 0) is 67.5 Å². The van der Waals surface area contributed by atoms with Crippen molar-refractivity contribution in [2.24, 2.45) is 0 Å². The number of hydrogen-bond acceptors (Lipinski definition) is 5. The lowest BCUT2D eigenvalue weighted by Crippen LogP contribution is -2.47. The van der Waals surface area contributed by atoms with E-state index < -0.39 is 18.3 Å². The number of amides is 2. The van der Waals surface area contributed by atoms with Gasteiger partial charge in [-0.25, -0.2) is 0 Å². The molecule has 0 aromatic heterocycles. The predicted molar refractivity (Wildman–Crippen MR) is 143 cm³/mol. The van der Waals surface area contributed by atoms with Crippen LogP contribution in [0, 0.1) is 0 Å². The Bertz CT molecular complexity index is 1310. The summed E-state index contributed by atoms with van der Waals surface area (Å²) in [7, 11) is 3.91. The zero-order valence-corrected chi connectivity index (χ0v) is 22.3. The maximum Gasteiger partial charge on any atom is 0.573 e. The van der Waals surface area contributed by atoms with E-state index in [9.17, 15) is 27.9 Å². The molecule has 0 aliphatic carbocycles. The van der Waals surface area contributed by atoms with E-state index in [0.29, 0.717) is 34.4 Å². The van der Waals surface area contributed by atoms with Crippen LogP contribution in [0.25, 0.3) is 0 Å². The molecule has 1 aliphatic heterocycles. The first-order valence-electron chi connectivity index (χ1n) is 12.9. The smallest absolute Gasteiger partial charge is 0.406 e. The van der Waals surface area contributed by atoms with E-state index in [4.69, 9.17) is 0 Å². The number of rotatable bonds is 10. The molecule has 2 atom stereocenters. The van der Waals surface area contributed by atoms with Crippen LogP contribution in [0.1, 0.15) is 51.0 Å². The van der Waals surface area contributed by atoms with Gasteiger partial charge in [-0.15, -0.1) is 13.2 Å². The summed E-state index contributed by atoms with van der Waals surface area (Å²) in [5.41, 5.74) is 2.97. The van der Waals surface area contributed by atoms with E-state index in [1.807, 2.05) is 19.0 Å². The molecule has 0 spiro atoms. The number of alkyl halides is 3. The molecule has 7 nitrogen and oxygen atoms in total. The van der Waals surface area contributed by atoms with E-state index in [1.54, 1.807) is 53.4 Å². The van der Waals surface area contributed by atoms with Crippen molar-refractivity contribution in [1.29, 1.82) is 0 Å². The second-order valence-corrected chi connectivity index (χ2v) is 9.98. The molecule has 0 unspecified atom stereocenters. The lowest BCUT2D eigenvalue weighted by molar-refractivity contribution is -0.274. The molecule has 3 aromatic rings. The number of halogens is 3. The molecule has 2 N–H and O–H groups in total. The predicted octanol–water partition coefficient (Wildman–Crippen LogP) is 4.63. The number of aliphatic hydroxyl groups excluding tert-OH is 1. The van der Waals surface area contributed by atoms with Gasteiger partial charge >= 0.3 is 6.36 Å². The highest BCUT2D eigenvalue weighted by Crippen LogP contribution is 2.43. The van der Waals surface area contributed by atoms with Crippen LogP contribution >= 0.6 is 0 Å². The topological polar surface area (TPSA) is 82.1 Å².